The number of rotatable bonds is 4. The lowest BCUT2D eigenvalue weighted by molar-refractivity contribution is -0.123. The molecule has 82 valence electrons. The molecule has 0 aliphatic heterocycles. The minimum Gasteiger partial charge on any atom is -0.391 e. The summed E-state index contributed by atoms with van der Waals surface area (Å²) >= 11 is 0. The lowest BCUT2D eigenvalue weighted by atomic mass is 9.92. The monoisotopic (exact) mass is 199 g/mol. The van der Waals surface area contributed by atoms with Gasteiger partial charge in [-0.2, -0.15) is 0 Å². The Morgan fingerprint density at radius 3 is 2.79 bits per heavy atom. The van der Waals surface area contributed by atoms with Crippen molar-refractivity contribution in [3.8, 4) is 0 Å². The van der Waals surface area contributed by atoms with E-state index in [1.54, 1.807) is 0 Å². The minimum atomic E-state index is -0.325. The molecule has 1 aliphatic carbocycles. The van der Waals surface area contributed by atoms with Crippen molar-refractivity contribution in [1.29, 1.82) is 0 Å². The molecule has 0 radical (unpaired) electrons. The van der Waals surface area contributed by atoms with E-state index in [4.69, 9.17) is 0 Å². The summed E-state index contributed by atoms with van der Waals surface area (Å²) in [7, 11) is 0. The van der Waals surface area contributed by atoms with Gasteiger partial charge < -0.3 is 10.4 Å². The Balaban J connectivity index is 2.23. The Labute approximate surface area is 85.9 Å². The number of aliphatic hydroxyl groups is 1. The zero-order valence-electron chi connectivity index (χ0n) is 8.96. The molecule has 1 fully saturated rings. The Morgan fingerprint density at radius 2 is 2.14 bits per heavy atom. The number of carbonyl (C=O) groups is 1. The fraction of sp³-hybridized carbons (Fsp3) is 0.909. The van der Waals surface area contributed by atoms with Gasteiger partial charge in [0.25, 0.3) is 0 Å². The lowest BCUT2D eigenvalue weighted by Crippen LogP contribution is -2.44. The minimum absolute atomic E-state index is 0.00751. The molecule has 1 saturated carbocycles. The number of hydrogen-bond acceptors (Lipinski definition) is 2. The van der Waals surface area contributed by atoms with Crippen molar-refractivity contribution >= 4 is 5.91 Å². The molecule has 1 rings (SSSR count). The van der Waals surface area contributed by atoms with E-state index in [0.29, 0.717) is 6.42 Å². The van der Waals surface area contributed by atoms with E-state index in [1.165, 1.54) is 0 Å². The molecule has 0 unspecified atom stereocenters. The smallest absolute Gasteiger partial charge is 0.220 e. The summed E-state index contributed by atoms with van der Waals surface area (Å²) < 4.78 is 0. The van der Waals surface area contributed by atoms with E-state index in [2.05, 4.69) is 12.2 Å². The summed E-state index contributed by atoms with van der Waals surface area (Å²) in [5.74, 6) is 0.0952. The molecule has 3 nitrogen and oxygen atoms in total. The summed E-state index contributed by atoms with van der Waals surface area (Å²) in [5, 5.41) is 12.5. The SMILES string of the molecule is CCCCC(=O)N[C@@H]1CCCC[C@H]1O. The highest BCUT2D eigenvalue weighted by molar-refractivity contribution is 5.76. The number of carbonyl (C=O) groups excluding carboxylic acids is 1. The van der Waals surface area contributed by atoms with Gasteiger partial charge in [-0.1, -0.05) is 26.2 Å². The molecule has 2 N–H and O–H groups in total. The van der Waals surface area contributed by atoms with Crippen molar-refractivity contribution in [2.75, 3.05) is 0 Å². The van der Waals surface area contributed by atoms with Crippen LogP contribution in [0.2, 0.25) is 0 Å². The van der Waals surface area contributed by atoms with Crippen LogP contribution in [-0.4, -0.2) is 23.2 Å². The molecule has 0 saturated heterocycles. The van der Waals surface area contributed by atoms with Gasteiger partial charge in [-0.05, 0) is 19.3 Å². The lowest BCUT2D eigenvalue weighted by Gasteiger charge is -2.28. The zero-order chi connectivity index (χ0) is 10.4. The molecule has 0 spiro atoms. The molecule has 14 heavy (non-hydrogen) atoms. The summed E-state index contributed by atoms with van der Waals surface area (Å²) in [6.45, 7) is 2.07. The molecule has 0 aromatic carbocycles. The first-order valence-corrected chi connectivity index (χ1v) is 5.71. The van der Waals surface area contributed by atoms with Gasteiger partial charge in [-0.15, -0.1) is 0 Å². The molecule has 2 atom stereocenters. The Hall–Kier alpha value is -0.570. The van der Waals surface area contributed by atoms with Crippen LogP contribution in [0.3, 0.4) is 0 Å². The fourth-order valence-electron chi connectivity index (χ4n) is 1.90. The van der Waals surface area contributed by atoms with Crippen molar-refractivity contribution in [2.45, 2.75) is 64.0 Å². The Kier molecular flexibility index (Phi) is 4.94. The number of hydrogen-bond donors (Lipinski definition) is 2. The van der Waals surface area contributed by atoms with Crippen LogP contribution in [0.1, 0.15) is 51.9 Å². The highest BCUT2D eigenvalue weighted by Crippen LogP contribution is 2.18. The highest BCUT2D eigenvalue weighted by Gasteiger charge is 2.23. The predicted molar refractivity (Wildman–Crippen MR) is 55.9 cm³/mol. The standard InChI is InChI=1S/C11H21NO2/c1-2-3-8-11(14)12-9-6-4-5-7-10(9)13/h9-10,13H,2-8H2,1H3,(H,12,14)/t9-,10-/m1/s1. The highest BCUT2D eigenvalue weighted by atomic mass is 16.3. The van der Waals surface area contributed by atoms with Crippen molar-refractivity contribution in [2.24, 2.45) is 0 Å². The number of amides is 1. The summed E-state index contributed by atoms with van der Waals surface area (Å²) in [4.78, 5) is 11.4. The van der Waals surface area contributed by atoms with E-state index < -0.39 is 0 Å². The molecule has 3 heteroatoms. The summed E-state index contributed by atoms with van der Waals surface area (Å²) in [6, 6.07) is 0.00751. The van der Waals surface area contributed by atoms with E-state index in [-0.39, 0.29) is 18.1 Å². The van der Waals surface area contributed by atoms with Gasteiger partial charge in [0, 0.05) is 6.42 Å². The van der Waals surface area contributed by atoms with Gasteiger partial charge in [-0.25, -0.2) is 0 Å². The maximum absolute atomic E-state index is 11.4. The van der Waals surface area contributed by atoms with Crippen molar-refractivity contribution in [1.82, 2.24) is 5.32 Å². The third-order valence-corrected chi connectivity index (χ3v) is 2.83. The second-order valence-electron chi connectivity index (χ2n) is 4.13. The van der Waals surface area contributed by atoms with Gasteiger partial charge in [0.15, 0.2) is 0 Å². The second kappa shape index (κ2) is 6.02. The first-order chi connectivity index (χ1) is 6.74. The van der Waals surface area contributed by atoms with E-state index in [1.807, 2.05) is 0 Å². The molecule has 1 amide bonds. The molecule has 0 aromatic heterocycles. The summed E-state index contributed by atoms with van der Waals surface area (Å²) in [6.07, 6.45) is 6.22. The molecular formula is C11H21NO2. The van der Waals surface area contributed by atoms with E-state index in [9.17, 15) is 9.90 Å². The van der Waals surface area contributed by atoms with Crippen LogP contribution in [0.25, 0.3) is 0 Å². The van der Waals surface area contributed by atoms with Crippen molar-refractivity contribution < 1.29 is 9.90 Å². The Bertz CT molecular complexity index is 182. The van der Waals surface area contributed by atoms with Crippen LogP contribution in [0.5, 0.6) is 0 Å². The molecular weight excluding hydrogens is 178 g/mol. The number of nitrogens with one attached hydrogen (secondary N) is 1. The maximum atomic E-state index is 11.4. The maximum Gasteiger partial charge on any atom is 0.220 e. The van der Waals surface area contributed by atoms with Gasteiger partial charge in [0.05, 0.1) is 12.1 Å². The van der Waals surface area contributed by atoms with Gasteiger partial charge in [0.2, 0.25) is 5.91 Å². The molecule has 0 bridgehead atoms. The molecule has 1 aliphatic rings. The second-order valence-corrected chi connectivity index (χ2v) is 4.13. The van der Waals surface area contributed by atoms with Crippen LogP contribution >= 0.6 is 0 Å². The predicted octanol–water partition coefficient (Wildman–Crippen LogP) is 1.60. The van der Waals surface area contributed by atoms with E-state index >= 15 is 0 Å². The van der Waals surface area contributed by atoms with Crippen molar-refractivity contribution in [3.05, 3.63) is 0 Å². The van der Waals surface area contributed by atoms with Gasteiger partial charge in [-0.3, -0.25) is 4.79 Å². The first-order valence-electron chi connectivity index (χ1n) is 5.71. The average molecular weight is 199 g/mol. The molecule has 0 aromatic rings. The molecule has 0 heterocycles. The zero-order valence-corrected chi connectivity index (χ0v) is 8.96. The topological polar surface area (TPSA) is 49.3 Å². The first kappa shape index (κ1) is 11.5. The fourth-order valence-corrected chi connectivity index (χ4v) is 1.90. The van der Waals surface area contributed by atoms with Crippen LogP contribution < -0.4 is 5.32 Å². The average Bonchev–Trinajstić information content (AvgIpc) is 2.18. The van der Waals surface area contributed by atoms with Gasteiger partial charge in [0.1, 0.15) is 0 Å². The van der Waals surface area contributed by atoms with Crippen LogP contribution in [0, 0.1) is 0 Å². The summed E-state index contributed by atoms with van der Waals surface area (Å²) in [5.41, 5.74) is 0. The quantitative estimate of drug-likeness (QED) is 0.722. The van der Waals surface area contributed by atoms with Crippen LogP contribution in [-0.2, 0) is 4.79 Å². The van der Waals surface area contributed by atoms with Gasteiger partial charge >= 0.3 is 0 Å². The normalized spacial score (nSPS) is 27.3. The van der Waals surface area contributed by atoms with E-state index in [0.717, 1.165) is 38.5 Å². The van der Waals surface area contributed by atoms with Crippen LogP contribution in [0.15, 0.2) is 0 Å². The number of unbranched alkanes of at least 4 members (excludes halogenated alkanes) is 1. The third-order valence-electron chi connectivity index (χ3n) is 2.83. The largest absolute Gasteiger partial charge is 0.391 e. The van der Waals surface area contributed by atoms with Crippen molar-refractivity contribution in [3.63, 3.8) is 0 Å². The Morgan fingerprint density at radius 1 is 1.43 bits per heavy atom. The third kappa shape index (κ3) is 3.66. The van der Waals surface area contributed by atoms with Crippen LogP contribution in [0.4, 0.5) is 0 Å². The number of aliphatic hydroxyl groups excluding tert-OH is 1.